The van der Waals surface area contributed by atoms with E-state index >= 15 is 0 Å². The molecule has 3 nitrogen and oxygen atoms in total. The second-order valence-corrected chi connectivity index (χ2v) is 5.10. The first-order valence-corrected chi connectivity index (χ1v) is 6.76. The highest BCUT2D eigenvalue weighted by Gasteiger charge is 2.29. The van der Waals surface area contributed by atoms with E-state index in [1.165, 1.54) is 13.2 Å². The third kappa shape index (κ3) is 3.25. The van der Waals surface area contributed by atoms with E-state index in [-0.39, 0.29) is 17.0 Å². The van der Waals surface area contributed by atoms with Crippen LogP contribution in [0, 0.1) is 5.82 Å². The molecule has 1 atom stereocenters. The fourth-order valence-electron chi connectivity index (χ4n) is 2.47. The molecule has 0 bridgehead atoms. The minimum absolute atomic E-state index is 0.136. The average Bonchev–Trinajstić information content (AvgIpc) is 2.43. The van der Waals surface area contributed by atoms with Crippen LogP contribution in [0.25, 0.3) is 0 Å². The number of nitrogens with zero attached hydrogens (tertiary/aromatic N) is 1. The first-order valence-electron chi connectivity index (χ1n) is 6.38. The summed E-state index contributed by atoms with van der Waals surface area (Å²) in [4.78, 5) is 13.8. The third-order valence-corrected chi connectivity index (χ3v) is 3.92. The number of esters is 1. The van der Waals surface area contributed by atoms with Crippen LogP contribution in [0.2, 0.25) is 5.02 Å². The van der Waals surface area contributed by atoms with Crippen molar-refractivity contribution < 1.29 is 13.9 Å². The van der Waals surface area contributed by atoms with Crippen LogP contribution < -0.4 is 0 Å². The molecular weight excluding hydrogens is 269 g/mol. The fourth-order valence-corrected chi connectivity index (χ4v) is 2.66. The van der Waals surface area contributed by atoms with Crippen molar-refractivity contribution in [1.82, 2.24) is 4.90 Å². The highest BCUT2D eigenvalue weighted by atomic mass is 35.5. The predicted octanol–water partition coefficient (Wildman–Crippen LogP) is 3.01. The zero-order valence-electron chi connectivity index (χ0n) is 10.9. The van der Waals surface area contributed by atoms with E-state index in [2.05, 4.69) is 0 Å². The van der Waals surface area contributed by atoms with Crippen molar-refractivity contribution in [1.29, 1.82) is 0 Å². The summed E-state index contributed by atoms with van der Waals surface area (Å²) in [6.07, 6.45) is 2.81. The zero-order valence-corrected chi connectivity index (χ0v) is 11.6. The van der Waals surface area contributed by atoms with Crippen molar-refractivity contribution in [2.75, 3.05) is 13.7 Å². The molecule has 1 aromatic rings. The molecule has 19 heavy (non-hydrogen) atoms. The maximum Gasteiger partial charge on any atom is 0.323 e. The number of halogens is 2. The van der Waals surface area contributed by atoms with Crippen LogP contribution in [0.15, 0.2) is 18.2 Å². The first kappa shape index (κ1) is 14.3. The Morgan fingerprint density at radius 3 is 3.05 bits per heavy atom. The Balaban J connectivity index is 2.15. The molecule has 0 saturated carbocycles. The van der Waals surface area contributed by atoms with Crippen LogP contribution in [0.3, 0.4) is 0 Å². The number of hydrogen-bond acceptors (Lipinski definition) is 3. The van der Waals surface area contributed by atoms with Gasteiger partial charge in [0.15, 0.2) is 0 Å². The number of benzene rings is 1. The Morgan fingerprint density at radius 1 is 1.53 bits per heavy atom. The van der Waals surface area contributed by atoms with Crippen LogP contribution >= 0.6 is 11.6 Å². The fraction of sp³-hybridized carbons (Fsp3) is 0.500. The highest BCUT2D eigenvalue weighted by Crippen LogP contribution is 2.25. The van der Waals surface area contributed by atoms with E-state index in [4.69, 9.17) is 16.3 Å². The van der Waals surface area contributed by atoms with Crippen LogP contribution in [0.4, 0.5) is 4.39 Å². The molecule has 5 heteroatoms. The van der Waals surface area contributed by atoms with Gasteiger partial charge in [-0.2, -0.15) is 0 Å². The average molecular weight is 286 g/mol. The number of rotatable bonds is 3. The summed E-state index contributed by atoms with van der Waals surface area (Å²) in [7, 11) is 1.39. The Morgan fingerprint density at radius 2 is 2.32 bits per heavy atom. The van der Waals surface area contributed by atoms with Crippen molar-refractivity contribution in [2.24, 2.45) is 0 Å². The van der Waals surface area contributed by atoms with E-state index in [0.29, 0.717) is 12.1 Å². The number of carbonyl (C=O) groups is 1. The summed E-state index contributed by atoms with van der Waals surface area (Å²) >= 11 is 5.96. The molecule has 2 rings (SSSR count). The van der Waals surface area contributed by atoms with E-state index in [1.54, 1.807) is 12.1 Å². The summed E-state index contributed by atoms with van der Waals surface area (Å²) in [5, 5.41) is 0.136. The standard InChI is InChI=1S/C14H17ClFNO2/c1-19-14(18)12-7-2-3-8-17(12)9-10-5-4-6-11(16)13(10)15/h4-6,12H,2-3,7-9H2,1H3/t12-/m1/s1. The second kappa shape index (κ2) is 6.35. The minimum atomic E-state index is -0.425. The molecule has 1 saturated heterocycles. The largest absolute Gasteiger partial charge is 0.468 e. The maximum atomic E-state index is 13.4. The van der Waals surface area contributed by atoms with Crippen molar-refractivity contribution in [2.45, 2.75) is 31.8 Å². The number of ether oxygens (including phenoxy) is 1. The number of likely N-dealkylation sites (tertiary alicyclic amines) is 1. The van der Waals surface area contributed by atoms with Gasteiger partial charge in [0.25, 0.3) is 0 Å². The molecule has 104 valence electrons. The lowest BCUT2D eigenvalue weighted by atomic mass is 10.0. The predicted molar refractivity (Wildman–Crippen MR) is 71.5 cm³/mol. The van der Waals surface area contributed by atoms with Gasteiger partial charge in [-0.1, -0.05) is 30.2 Å². The summed E-state index contributed by atoms with van der Waals surface area (Å²) in [6.45, 7) is 1.27. The van der Waals surface area contributed by atoms with Crippen molar-refractivity contribution >= 4 is 17.6 Å². The smallest absolute Gasteiger partial charge is 0.323 e. The van der Waals surface area contributed by atoms with E-state index < -0.39 is 5.82 Å². The van der Waals surface area contributed by atoms with Gasteiger partial charge in [0.2, 0.25) is 0 Å². The molecule has 1 aliphatic heterocycles. The van der Waals surface area contributed by atoms with Gasteiger partial charge < -0.3 is 4.74 Å². The van der Waals surface area contributed by atoms with Crippen LogP contribution in [-0.2, 0) is 16.1 Å². The summed E-state index contributed by atoms with van der Waals surface area (Å²) in [6, 6.07) is 4.50. The first-order chi connectivity index (χ1) is 9.13. The Kier molecular flexibility index (Phi) is 4.77. The van der Waals surface area contributed by atoms with Gasteiger partial charge >= 0.3 is 5.97 Å². The van der Waals surface area contributed by atoms with Gasteiger partial charge in [-0.15, -0.1) is 0 Å². The molecule has 0 unspecified atom stereocenters. The molecule has 0 radical (unpaired) electrons. The summed E-state index contributed by atoms with van der Waals surface area (Å²) in [5.41, 5.74) is 0.706. The molecule has 0 N–H and O–H groups in total. The van der Waals surface area contributed by atoms with E-state index in [0.717, 1.165) is 25.8 Å². The van der Waals surface area contributed by atoms with Crippen molar-refractivity contribution in [3.8, 4) is 0 Å². The van der Waals surface area contributed by atoms with Crippen LogP contribution in [0.1, 0.15) is 24.8 Å². The van der Waals surface area contributed by atoms with Gasteiger partial charge in [-0.05, 0) is 31.0 Å². The van der Waals surface area contributed by atoms with E-state index in [9.17, 15) is 9.18 Å². The quantitative estimate of drug-likeness (QED) is 0.800. The number of piperidine rings is 1. The van der Waals surface area contributed by atoms with Gasteiger partial charge in [0, 0.05) is 6.54 Å². The third-order valence-electron chi connectivity index (χ3n) is 3.49. The topological polar surface area (TPSA) is 29.5 Å². The normalized spacial score (nSPS) is 20.3. The Labute approximate surface area is 117 Å². The Hall–Kier alpha value is -1.13. The maximum absolute atomic E-state index is 13.4. The number of hydrogen-bond donors (Lipinski definition) is 0. The highest BCUT2D eigenvalue weighted by molar-refractivity contribution is 6.31. The Bertz CT molecular complexity index is 467. The molecule has 0 aromatic heterocycles. The molecule has 0 amide bonds. The lowest BCUT2D eigenvalue weighted by molar-refractivity contribution is -0.148. The van der Waals surface area contributed by atoms with Crippen LogP contribution in [-0.4, -0.2) is 30.6 Å². The molecule has 1 aliphatic rings. The van der Waals surface area contributed by atoms with Crippen LogP contribution in [0.5, 0.6) is 0 Å². The lowest BCUT2D eigenvalue weighted by Gasteiger charge is -2.33. The zero-order chi connectivity index (χ0) is 13.8. The van der Waals surface area contributed by atoms with Gasteiger partial charge in [0.1, 0.15) is 11.9 Å². The molecule has 0 aliphatic carbocycles. The van der Waals surface area contributed by atoms with Crippen molar-refractivity contribution in [3.05, 3.63) is 34.6 Å². The lowest BCUT2D eigenvalue weighted by Crippen LogP contribution is -2.44. The van der Waals surface area contributed by atoms with Gasteiger partial charge in [-0.3, -0.25) is 9.69 Å². The van der Waals surface area contributed by atoms with E-state index in [1.807, 2.05) is 4.90 Å². The SMILES string of the molecule is COC(=O)[C@H]1CCCCN1Cc1cccc(F)c1Cl. The minimum Gasteiger partial charge on any atom is -0.468 e. The number of methoxy groups -OCH3 is 1. The monoisotopic (exact) mass is 285 g/mol. The van der Waals surface area contributed by atoms with Crippen molar-refractivity contribution in [3.63, 3.8) is 0 Å². The molecule has 0 spiro atoms. The molecular formula is C14H17ClFNO2. The molecule has 1 fully saturated rings. The van der Waals surface area contributed by atoms with Gasteiger partial charge in [0.05, 0.1) is 12.1 Å². The summed E-state index contributed by atoms with van der Waals surface area (Å²) < 4.78 is 18.2. The molecule has 1 heterocycles. The summed E-state index contributed by atoms with van der Waals surface area (Å²) in [5.74, 6) is -0.655. The van der Waals surface area contributed by atoms with Gasteiger partial charge in [-0.25, -0.2) is 4.39 Å². The molecule has 1 aromatic carbocycles. The number of carbonyl (C=O) groups excluding carboxylic acids is 1. The second-order valence-electron chi connectivity index (χ2n) is 4.72.